The quantitative estimate of drug-likeness (QED) is 0.737. The third-order valence-electron chi connectivity index (χ3n) is 4.16. The number of carbonyl (C=O) groups excluding carboxylic acids is 1. The molecule has 0 radical (unpaired) electrons. The summed E-state index contributed by atoms with van der Waals surface area (Å²) in [6, 6.07) is 0.793. The summed E-state index contributed by atoms with van der Waals surface area (Å²) in [5.41, 5.74) is 0. The monoisotopic (exact) mass is 224 g/mol. The minimum absolute atomic E-state index is 0.372. The summed E-state index contributed by atoms with van der Waals surface area (Å²) in [7, 11) is 0. The van der Waals surface area contributed by atoms with Crippen LogP contribution in [0.3, 0.4) is 0 Å². The largest absolute Gasteiger partial charge is 0.377 e. The van der Waals surface area contributed by atoms with Gasteiger partial charge >= 0.3 is 0 Å². The van der Waals surface area contributed by atoms with Gasteiger partial charge in [0.05, 0.1) is 25.3 Å². The van der Waals surface area contributed by atoms with Crippen molar-refractivity contribution in [2.24, 2.45) is 5.92 Å². The Labute approximate surface area is 96.3 Å². The highest BCUT2D eigenvalue weighted by Gasteiger charge is 2.45. The van der Waals surface area contributed by atoms with Crippen LogP contribution in [0.1, 0.15) is 25.7 Å². The van der Waals surface area contributed by atoms with E-state index in [1.165, 1.54) is 0 Å². The molecule has 3 aliphatic rings. The Bertz CT molecular complexity index is 262. The number of nitrogens with zero attached hydrogens (tertiary/aromatic N) is 1. The summed E-state index contributed by atoms with van der Waals surface area (Å²) >= 11 is 0. The van der Waals surface area contributed by atoms with Crippen LogP contribution in [-0.2, 0) is 9.53 Å². The van der Waals surface area contributed by atoms with Crippen molar-refractivity contribution in [3.63, 3.8) is 0 Å². The van der Waals surface area contributed by atoms with Crippen molar-refractivity contribution >= 4 is 5.91 Å². The Morgan fingerprint density at radius 1 is 1.25 bits per heavy atom. The number of morpholine rings is 1. The van der Waals surface area contributed by atoms with Crippen LogP contribution in [0.15, 0.2) is 0 Å². The summed E-state index contributed by atoms with van der Waals surface area (Å²) in [5.74, 6) is 0.979. The van der Waals surface area contributed by atoms with Crippen molar-refractivity contribution < 1.29 is 9.53 Å². The van der Waals surface area contributed by atoms with E-state index in [1.54, 1.807) is 0 Å². The highest BCUT2D eigenvalue weighted by Crippen LogP contribution is 2.32. The highest BCUT2D eigenvalue weighted by atomic mass is 16.5. The van der Waals surface area contributed by atoms with Crippen LogP contribution in [-0.4, -0.2) is 49.2 Å². The third-order valence-corrected chi connectivity index (χ3v) is 4.16. The van der Waals surface area contributed by atoms with Gasteiger partial charge in [0.2, 0.25) is 5.91 Å². The topological polar surface area (TPSA) is 41.6 Å². The molecule has 2 bridgehead atoms. The first-order valence-corrected chi connectivity index (χ1v) is 6.44. The van der Waals surface area contributed by atoms with Gasteiger partial charge < -0.3 is 15.0 Å². The maximum absolute atomic E-state index is 12.2. The van der Waals surface area contributed by atoms with E-state index in [9.17, 15) is 4.79 Å². The van der Waals surface area contributed by atoms with E-state index >= 15 is 0 Å². The molecule has 4 nitrogen and oxygen atoms in total. The number of hydrogen-bond acceptors (Lipinski definition) is 3. The highest BCUT2D eigenvalue weighted by molar-refractivity contribution is 5.78. The molecule has 2 unspecified atom stereocenters. The van der Waals surface area contributed by atoms with Crippen LogP contribution in [0, 0.1) is 5.92 Å². The fourth-order valence-corrected chi connectivity index (χ4v) is 3.18. The lowest BCUT2D eigenvalue weighted by Crippen LogP contribution is -2.65. The third kappa shape index (κ3) is 1.84. The van der Waals surface area contributed by atoms with Gasteiger partial charge in [0.1, 0.15) is 0 Å². The first-order valence-electron chi connectivity index (χ1n) is 6.44. The molecule has 16 heavy (non-hydrogen) atoms. The van der Waals surface area contributed by atoms with E-state index in [2.05, 4.69) is 10.2 Å². The van der Waals surface area contributed by atoms with Gasteiger partial charge in [-0.25, -0.2) is 0 Å². The molecule has 3 rings (SSSR count). The Hall–Kier alpha value is -0.610. The smallest absolute Gasteiger partial charge is 0.223 e. The van der Waals surface area contributed by atoms with Gasteiger partial charge in [-0.05, 0) is 38.3 Å². The lowest BCUT2D eigenvalue weighted by molar-refractivity contribution is -0.168. The van der Waals surface area contributed by atoms with E-state index in [1.807, 2.05) is 0 Å². The van der Waals surface area contributed by atoms with Crippen molar-refractivity contribution in [3.05, 3.63) is 0 Å². The fraction of sp³-hybridized carbons (Fsp3) is 0.917. The SMILES string of the molecule is O=C(CC1CCNCC1)N1C2COCC1C2. The van der Waals surface area contributed by atoms with Gasteiger partial charge in [0.15, 0.2) is 0 Å². The van der Waals surface area contributed by atoms with Gasteiger partial charge in [0.25, 0.3) is 0 Å². The Morgan fingerprint density at radius 3 is 2.56 bits per heavy atom. The molecule has 3 heterocycles. The Kier molecular flexibility index (Phi) is 2.86. The number of carbonyl (C=O) groups is 1. The predicted octanol–water partition coefficient (Wildman–Crippen LogP) is 0.376. The molecule has 90 valence electrons. The first kappa shape index (κ1) is 10.5. The molecule has 1 amide bonds. The summed E-state index contributed by atoms with van der Waals surface area (Å²) in [4.78, 5) is 14.2. The Morgan fingerprint density at radius 2 is 1.94 bits per heavy atom. The zero-order valence-electron chi connectivity index (χ0n) is 9.65. The molecule has 2 atom stereocenters. The molecule has 0 aliphatic carbocycles. The van der Waals surface area contributed by atoms with Crippen LogP contribution in [0.5, 0.6) is 0 Å². The van der Waals surface area contributed by atoms with Crippen molar-refractivity contribution in [1.29, 1.82) is 0 Å². The summed E-state index contributed by atoms with van der Waals surface area (Å²) in [5, 5.41) is 3.34. The summed E-state index contributed by atoms with van der Waals surface area (Å²) in [6.45, 7) is 3.67. The normalized spacial score (nSPS) is 34.6. The molecule has 3 aliphatic heterocycles. The predicted molar refractivity (Wildman–Crippen MR) is 60.1 cm³/mol. The fourth-order valence-electron chi connectivity index (χ4n) is 3.18. The number of ether oxygens (including phenoxy) is 1. The summed E-state index contributed by atoms with van der Waals surface area (Å²) < 4.78 is 5.40. The van der Waals surface area contributed by atoms with Crippen molar-refractivity contribution in [2.45, 2.75) is 37.8 Å². The van der Waals surface area contributed by atoms with Gasteiger partial charge in [-0.15, -0.1) is 0 Å². The summed E-state index contributed by atoms with van der Waals surface area (Å²) in [6.07, 6.45) is 4.24. The lowest BCUT2D eigenvalue weighted by atomic mass is 9.88. The second-order valence-corrected chi connectivity index (χ2v) is 5.28. The molecule has 1 N–H and O–H groups in total. The number of hydrogen-bond donors (Lipinski definition) is 1. The van der Waals surface area contributed by atoms with E-state index in [-0.39, 0.29) is 0 Å². The van der Waals surface area contributed by atoms with Gasteiger partial charge in [0, 0.05) is 6.42 Å². The molecule has 4 heteroatoms. The van der Waals surface area contributed by atoms with Gasteiger partial charge in [-0.1, -0.05) is 0 Å². The van der Waals surface area contributed by atoms with Crippen LogP contribution in [0.2, 0.25) is 0 Å². The molecule has 0 aromatic carbocycles. The second-order valence-electron chi connectivity index (χ2n) is 5.28. The number of amides is 1. The number of nitrogens with one attached hydrogen (secondary N) is 1. The van der Waals surface area contributed by atoms with Gasteiger partial charge in [-0.2, -0.15) is 0 Å². The second kappa shape index (κ2) is 4.34. The maximum Gasteiger partial charge on any atom is 0.223 e. The standard InChI is InChI=1S/C12H20N2O2/c15-12(5-9-1-3-13-4-2-9)14-10-6-11(14)8-16-7-10/h9-11,13H,1-8H2. The average molecular weight is 224 g/mol. The molecular formula is C12H20N2O2. The molecular weight excluding hydrogens is 204 g/mol. The van der Waals surface area contributed by atoms with E-state index in [0.29, 0.717) is 23.9 Å². The molecule has 3 saturated heterocycles. The van der Waals surface area contributed by atoms with Crippen LogP contribution in [0.25, 0.3) is 0 Å². The number of rotatable bonds is 2. The molecule has 0 spiro atoms. The molecule has 0 aromatic rings. The van der Waals surface area contributed by atoms with Gasteiger partial charge in [-0.3, -0.25) is 4.79 Å². The minimum Gasteiger partial charge on any atom is -0.377 e. The maximum atomic E-state index is 12.2. The average Bonchev–Trinajstić information content (AvgIpc) is 2.31. The lowest BCUT2D eigenvalue weighted by Gasteiger charge is -2.52. The van der Waals surface area contributed by atoms with E-state index < -0.39 is 0 Å². The molecule has 0 saturated carbocycles. The zero-order chi connectivity index (χ0) is 11.0. The van der Waals surface area contributed by atoms with E-state index in [4.69, 9.17) is 4.74 Å². The Balaban J connectivity index is 1.53. The number of fused-ring (bicyclic) bond motifs is 2. The van der Waals surface area contributed by atoms with Crippen molar-refractivity contribution in [2.75, 3.05) is 26.3 Å². The van der Waals surface area contributed by atoms with Crippen molar-refractivity contribution in [1.82, 2.24) is 10.2 Å². The van der Waals surface area contributed by atoms with Crippen LogP contribution in [0.4, 0.5) is 0 Å². The first-order chi connectivity index (χ1) is 7.84. The van der Waals surface area contributed by atoms with E-state index in [0.717, 1.165) is 52.0 Å². The van der Waals surface area contributed by atoms with Crippen LogP contribution < -0.4 is 5.32 Å². The van der Waals surface area contributed by atoms with Crippen LogP contribution >= 0.6 is 0 Å². The number of piperidine rings is 1. The minimum atomic E-state index is 0.372. The zero-order valence-corrected chi connectivity index (χ0v) is 9.65. The van der Waals surface area contributed by atoms with Crippen molar-refractivity contribution in [3.8, 4) is 0 Å². The molecule has 3 fully saturated rings. The molecule has 0 aromatic heterocycles.